The second-order valence-electron chi connectivity index (χ2n) is 5.07. The van der Waals surface area contributed by atoms with E-state index in [2.05, 4.69) is 0 Å². The van der Waals surface area contributed by atoms with Gasteiger partial charge in [0.1, 0.15) is 17.4 Å². The summed E-state index contributed by atoms with van der Waals surface area (Å²) in [4.78, 5) is 0. The molecule has 110 valence electrons. The molecule has 0 saturated carbocycles. The van der Waals surface area contributed by atoms with E-state index in [1.165, 1.54) is 6.07 Å². The summed E-state index contributed by atoms with van der Waals surface area (Å²) in [6, 6.07) is 5.76. The molecular weight excluding hydrogens is 317 g/mol. The topological polar surface area (TPSA) is 9.23 Å². The van der Waals surface area contributed by atoms with Gasteiger partial charge in [-0.3, -0.25) is 0 Å². The Morgan fingerprint density at radius 3 is 2.62 bits per heavy atom. The molecule has 0 saturated heterocycles. The first-order chi connectivity index (χ1) is 9.97. The third-order valence-corrected chi connectivity index (χ3v) is 4.29. The lowest BCUT2D eigenvalue weighted by Crippen LogP contribution is -2.02. The zero-order valence-electron chi connectivity index (χ0n) is 11.2. The minimum absolute atomic E-state index is 0.218. The number of hydrogen-bond donors (Lipinski definition) is 0. The largest absolute Gasteiger partial charge is 0.493 e. The number of halogens is 4. The highest BCUT2D eigenvalue weighted by Gasteiger charge is 2.25. The number of benzene rings is 2. The highest BCUT2D eigenvalue weighted by Crippen LogP contribution is 2.42. The van der Waals surface area contributed by atoms with Crippen LogP contribution in [-0.4, -0.2) is 6.61 Å². The molecule has 0 spiro atoms. The molecule has 1 nitrogen and oxygen atoms in total. The second-order valence-corrected chi connectivity index (χ2v) is 5.94. The van der Waals surface area contributed by atoms with Gasteiger partial charge in [-0.25, -0.2) is 8.78 Å². The fourth-order valence-electron chi connectivity index (χ4n) is 2.53. The maximum absolute atomic E-state index is 14.0. The van der Waals surface area contributed by atoms with Gasteiger partial charge in [0.05, 0.1) is 12.0 Å². The molecule has 0 radical (unpaired) electrons. The average molecular weight is 329 g/mol. The normalized spacial score (nSPS) is 14.7. The Balaban J connectivity index is 2.11. The van der Waals surface area contributed by atoms with E-state index >= 15 is 0 Å². The molecule has 0 aliphatic carbocycles. The van der Waals surface area contributed by atoms with Crippen molar-refractivity contribution in [1.82, 2.24) is 0 Å². The molecule has 21 heavy (non-hydrogen) atoms. The van der Waals surface area contributed by atoms with Gasteiger partial charge in [0.2, 0.25) is 0 Å². The van der Waals surface area contributed by atoms with Crippen molar-refractivity contribution in [2.24, 2.45) is 0 Å². The van der Waals surface area contributed by atoms with Crippen molar-refractivity contribution in [1.29, 1.82) is 0 Å². The van der Waals surface area contributed by atoms with Crippen LogP contribution in [0.3, 0.4) is 0 Å². The lowest BCUT2D eigenvalue weighted by molar-refractivity contribution is 0.353. The van der Waals surface area contributed by atoms with Gasteiger partial charge >= 0.3 is 0 Å². The Morgan fingerprint density at radius 2 is 1.86 bits per heavy atom. The summed E-state index contributed by atoms with van der Waals surface area (Å²) < 4.78 is 33.0. The van der Waals surface area contributed by atoms with E-state index < -0.39 is 17.0 Å². The van der Waals surface area contributed by atoms with E-state index in [-0.39, 0.29) is 5.56 Å². The van der Waals surface area contributed by atoms with E-state index in [4.69, 9.17) is 27.9 Å². The molecule has 3 rings (SSSR count). The molecule has 1 aliphatic heterocycles. The highest BCUT2D eigenvalue weighted by molar-refractivity contribution is 6.31. The van der Waals surface area contributed by atoms with Gasteiger partial charge in [0, 0.05) is 28.6 Å². The molecular formula is C16H12Cl2F2O. The SMILES string of the molecule is Cc1cc(C(Cl)c2cc(Cl)cc3c2OCC3)c(F)cc1F. The van der Waals surface area contributed by atoms with E-state index in [0.717, 1.165) is 18.1 Å². The fourth-order valence-corrected chi connectivity index (χ4v) is 3.11. The van der Waals surface area contributed by atoms with Gasteiger partial charge in [-0.15, -0.1) is 11.6 Å². The summed E-state index contributed by atoms with van der Waals surface area (Å²) in [5.41, 5.74) is 2.14. The molecule has 1 aliphatic rings. The second kappa shape index (κ2) is 5.47. The van der Waals surface area contributed by atoms with E-state index in [1.54, 1.807) is 13.0 Å². The van der Waals surface area contributed by atoms with Crippen molar-refractivity contribution >= 4 is 23.2 Å². The van der Waals surface area contributed by atoms with Gasteiger partial charge < -0.3 is 4.74 Å². The van der Waals surface area contributed by atoms with Crippen LogP contribution in [0.4, 0.5) is 8.78 Å². The smallest absolute Gasteiger partial charge is 0.131 e. The van der Waals surface area contributed by atoms with Crippen LogP contribution in [0, 0.1) is 18.6 Å². The van der Waals surface area contributed by atoms with E-state index in [9.17, 15) is 8.78 Å². The van der Waals surface area contributed by atoms with Crippen LogP contribution in [0.5, 0.6) is 5.75 Å². The standard InChI is InChI=1S/C16H12Cl2F2O/c1-8-4-11(14(20)7-13(8)19)15(18)12-6-10(17)5-9-2-3-21-16(9)12/h4-7,15H,2-3H2,1H3. The monoisotopic (exact) mass is 328 g/mol. The van der Waals surface area contributed by atoms with Crippen LogP contribution in [-0.2, 0) is 6.42 Å². The number of hydrogen-bond acceptors (Lipinski definition) is 1. The molecule has 0 bridgehead atoms. The first-order valence-electron chi connectivity index (χ1n) is 6.52. The predicted molar refractivity (Wildman–Crippen MR) is 79.4 cm³/mol. The quantitative estimate of drug-likeness (QED) is 0.689. The third kappa shape index (κ3) is 2.60. The Kier molecular flexibility index (Phi) is 3.80. The maximum Gasteiger partial charge on any atom is 0.131 e. The molecule has 2 aromatic rings. The molecule has 0 amide bonds. The van der Waals surface area contributed by atoms with Crippen molar-refractivity contribution < 1.29 is 13.5 Å². The van der Waals surface area contributed by atoms with Gasteiger partial charge in [-0.1, -0.05) is 11.6 Å². The first kappa shape index (κ1) is 14.6. The van der Waals surface area contributed by atoms with Crippen LogP contribution in [0.1, 0.15) is 27.6 Å². The minimum Gasteiger partial charge on any atom is -0.493 e. The molecule has 1 atom stereocenters. The van der Waals surface area contributed by atoms with E-state index in [1.807, 2.05) is 6.07 Å². The average Bonchev–Trinajstić information content (AvgIpc) is 2.89. The van der Waals surface area contributed by atoms with Gasteiger partial charge in [0.25, 0.3) is 0 Å². The van der Waals surface area contributed by atoms with Gasteiger partial charge in [-0.2, -0.15) is 0 Å². The lowest BCUT2D eigenvalue weighted by Gasteiger charge is -2.16. The lowest BCUT2D eigenvalue weighted by atomic mass is 9.98. The van der Waals surface area contributed by atoms with Crippen molar-refractivity contribution in [3.05, 3.63) is 63.2 Å². The van der Waals surface area contributed by atoms with E-state index in [0.29, 0.717) is 28.5 Å². The summed E-state index contributed by atoms with van der Waals surface area (Å²) in [6.07, 6.45) is 0.747. The van der Waals surface area contributed by atoms with Crippen LogP contribution in [0.25, 0.3) is 0 Å². The van der Waals surface area contributed by atoms with Gasteiger partial charge in [0.15, 0.2) is 0 Å². The van der Waals surface area contributed by atoms with Crippen molar-refractivity contribution in [2.45, 2.75) is 18.7 Å². The van der Waals surface area contributed by atoms with Crippen LogP contribution < -0.4 is 4.74 Å². The van der Waals surface area contributed by atoms with Crippen molar-refractivity contribution in [3.63, 3.8) is 0 Å². The highest BCUT2D eigenvalue weighted by atomic mass is 35.5. The third-order valence-electron chi connectivity index (χ3n) is 3.60. The molecule has 0 aromatic heterocycles. The molecule has 2 aromatic carbocycles. The fraction of sp³-hybridized carbons (Fsp3) is 0.250. The molecule has 1 unspecified atom stereocenters. The zero-order valence-corrected chi connectivity index (χ0v) is 12.7. The minimum atomic E-state index is -0.783. The summed E-state index contributed by atoms with van der Waals surface area (Å²) in [5, 5.41) is -0.256. The van der Waals surface area contributed by atoms with Crippen molar-refractivity contribution in [2.75, 3.05) is 6.61 Å². The summed E-state index contributed by atoms with van der Waals surface area (Å²) in [6.45, 7) is 2.12. The van der Waals surface area contributed by atoms with Crippen LogP contribution in [0.15, 0.2) is 24.3 Å². The Labute approximate surface area is 131 Å². The van der Waals surface area contributed by atoms with Crippen LogP contribution in [0.2, 0.25) is 5.02 Å². The van der Waals surface area contributed by atoms with Crippen molar-refractivity contribution in [3.8, 4) is 5.75 Å². The Bertz CT molecular complexity index is 716. The molecule has 5 heteroatoms. The number of ether oxygens (including phenoxy) is 1. The number of rotatable bonds is 2. The van der Waals surface area contributed by atoms with Gasteiger partial charge in [-0.05, 0) is 36.2 Å². The molecule has 0 fully saturated rings. The number of alkyl halides is 1. The summed E-state index contributed by atoms with van der Waals surface area (Å²) in [5.74, 6) is -0.613. The predicted octanol–water partition coefficient (Wildman–Crippen LogP) is 5.19. The van der Waals surface area contributed by atoms with Crippen LogP contribution >= 0.6 is 23.2 Å². The summed E-state index contributed by atoms with van der Waals surface area (Å²) in [7, 11) is 0. The Hall–Kier alpha value is -1.32. The first-order valence-corrected chi connectivity index (χ1v) is 7.33. The zero-order chi connectivity index (χ0) is 15.1. The number of fused-ring (bicyclic) bond motifs is 1. The Morgan fingerprint density at radius 1 is 1.10 bits per heavy atom. The number of aryl methyl sites for hydroxylation is 1. The molecule has 1 heterocycles. The maximum atomic E-state index is 14.0. The molecule has 0 N–H and O–H groups in total. The summed E-state index contributed by atoms with van der Waals surface area (Å²) >= 11 is 12.5.